The topological polar surface area (TPSA) is 43.1 Å². The fraction of sp³-hybridized carbons (Fsp3) is 0.188. The van der Waals surface area contributed by atoms with Crippen molar-refractivity contribution in [1.29, 1.82) is 0 Å². The lowest BCUT2D eigenvalue weighted by Gasteiger charge is -2.13. The second-order valence-electron chi connectivity index (χ2n) is 4.57. The number of benzene rings is 2. The molecule has 92 valence electrons. The number of carbonyl (C=O) groups is 1. The molecule has 2 rings (SSSR count). The molecule has 0 aliphatic rings. The molecular formula is C16H17NO. The van der Waals surface area contributed by atoms with Gasteiger partial charge in [0.25, 0.3) is 0 Å². The van der Waals surface area contributed by atoms with Crippen LogP contribution in [0.15, 0.2) is 48.5 Å². The zero-order chi connectivity index (χ0) is 13.1. The van der Waals surface area contributed by atoms with Gasteiger partial charge in [0.15, 0.2) is 5.78 Å². The predicted octanol–water partition coefficient (Wildman–Crippen LogP) is 3.19. The maximum Gasteiger partial charge on any atom is 0.184 e. The first-order valence-electron chi connectivity index (χ1n) is 6.01. The summed E-state index contributed by atoms with van der Waals surface area (Å²) in [4.78, 5) is 12.4. The number of rotatable bonds is 3. The Morgan fingerprint density at radius 2 is 1.72 bits per heavy atom. The van der Waals surface area contributed by atoms with Crippen molar-refractivity contribution in [3.05, 3.63) is 70.8 Å². The van der Waals surface area contributed by atoms with Crippen LogP contribution in [0.4, 0.5) is 0 Å². The predicted molar refractivity (Wildman–Crippen MR) is 73.6 cm³/mol. The minimum absolute atomic E-state index is 0.0256. The number of ketones is 1. The number of hydrogen-bond acceptors (Lipinski definition) is 2. The largest absolute Gasteiger partial charge is 0.318 e. The van der Waals surface area contributed by atoms with Gasteiger partial charge in [-0.05, 0) is 31.0 Å². The Labute approximate surface area is 107 Å². The van der Waals surface area contributed by atoms with E-state index in [0.717, 1.165) is 16.7 Å². The molecule has 2 aromatic carbocycles. The molecule has 1 atom stereocenters. The Bertz CT molecular complexity index is 561. The number of aryl methyl sites for hydroxylation is 2. The van der Waals surface area contributed by atoms with Crippen molar-refractivity contribution in [2.24, 2.45) is 5.73 Å². The second-order valence-corrected chi connectivity index (χ2v) is 4.57. The van der Waals surface area contributed by atoms with Gasteiger partial charge in [0.1, 0.15) is 0 Å². The summed E-state index contributed by atoms with van der Waals surface area (Å²) in [6.45, 7) is 3.91. The van der Waals surface area contributed by atoms with Gasteiger partial charge in [0, 0.05) is 5.56 Å². The zero-order valence-electron chi connectivity index (χ0n) is 10.7. The molecule has 0 saturated heterocycles. The molecule has 0 amide bonds. The van der Waals surface area contributed by atoms with Crippen molar-refractivity contribution in [2.75, 3.05) is 0 Å². The van der Waals surface area contributed by atoms with Gasteiger partial charge in [0.2, 0.25) is 0 Å². The Kier molecular flexibility index (Phi) is 3.58. The van der Waals surface area contributed by atoms with E-state index in [4.69, 9.17) is 5.73 Å². The van der Waals surface area contributed by atoms with Gasteiger partial charge >= 0.3 is 0 Å². The summed E-state index contributed by atoms with van der Waals surface area (Å²) in [6.07, 6.45) is 0. The maximum atomic E-state index is 12.4. The lowest BCUT2D eigenvalue weighted by Crippen LogP contribution is -2.22. The van der Waals surface area contributed by atoms with E-state index >= 15 is 0 Å². The third-order valence-electron chi connectivity index (χ3n) is 3.10. The van der Waals surface area contributed by atoms with E-state index in [-0.39, 0.29) is 5.78 Å². The Morgan fingerprint density at radius 3 is 2.39 bits per heavy atom. The van der Waals surface area contributed by atoms with E-state index in [0.29, 0.717) is 5.56 Å². The van der Waals surface area contributed by atoms with Crippen molar-refractivity contribution < 1.29 is 4.79 Å². The van der Waals surface area contributed by atoms with E-state index < -0.39 is 6.04 Å². The lowest BCUT2D eigenvalue weighted by molar-refractivity contribution is 0.0960. The number of carbonyl (C=O) groups excluding carboxylic acids is 1. The molecule has 2 aromatic rings. The summed E-state index contributed by atoms with van der Waals surface area (Å²) >= 11 is 0. The fourth-order valence-corrected chi connectivity index (χ4v) is 1.98. The van der Waals surface area contributed by atoms with Crippen LogP contribution in [0.3, 0.4) is 0 Å². The molecule has 0 aliphatic carbocycles. The maximum absolute atomic E-state index is 12.4. The molecule has 2 N–H and O–H groups in total. The highest BCUT2D eigenvalue weighted by atomic mass is 16.1. The first kappa shape index (κ1) is 12.5. The highest BCUT2D eigenvalue weighted by Gasteiger charge is 2.19. The van der Waals surface area contributed by atoms with E-state index in [9.17, 15) is 4.79 Å². The van der Waals surface area contributed by atoms with Crippen LogP contribution < -0.4 is 5.73 Å². The van der Waals surface area contributed by atoms with Crippen LogP contribution in [0.25, 0.3) is 0 Å². The minimum Gasteiger partial charge on any atom is -0.318 e. The second kappa shape index (κ2) is 5.15. The lowest BCUT2D eigenvalue weighted by atomic mass is 9.94. The van der Waals surface area contributed by atoms with Gasteiger partial charge in [-0.2, -0.15) is 0 Å². The molecule has 0 bridgehead atoms. The van der Waals surface area contributed by atoms with Crippen LogP contribution in [-0.4, -0.2) is 5.78 Å². The zero-order valence-corrected chi connectivity index (χ0v) is 10.7. The first-order chi connectivity index (χ1) is 8.59. The van der Waals surface area contributed by atoms with E-state index in [1.165, 1.54) is 0 Å². The average molecular weight is 239 g/mol. The SMILES string of the molecule is Cc1ccc(C)c(C(=O)C(N)c2ccccc2)c1. The smallest absolute Gasteiger partial charge is 0.184 e. The summed E-state index contributed by atoms with van der Waals surface area (Å²) in [7, 11) is 0. The van der Waals surface area contributed by atoms with E-state index in [2.05, 4.69) is 0 Å². The minimum atomic E-state index is -0.591. The Hall–Kier alpha value is -1.93. The Balaban J connectivity index is 2.34. The summed E-state index contributed by atoms with van der Waals surface area (Å²) in [5, 5.41) is 0. The third kappa shape index (κ3) is 2.49. The third-order valence-corrected chi connectivity index (χ3v) is 3.10. The fourth-order valence-electron chi connectivity index (χ4n) is 1.98. The van der Waals surface area contributed by atoms with Crippen LogP contribution >= 0.6 is 0 Å². The molecule has 0 spiro atoms. The number of hydrogen-bond donors (Lipinski definition) is 1. The molecule has 0 saturated carbocycles. The van der Waals surface area contributed by atoms with Crippen LogP contribution in [0, 0.1) is 13.8 Å². The molecular weight excluding hydrogens is 222 g/mol. The monoisotopic (exact) mass is 239 g/mol. The molecule has 1 unspecified atom stereocenters. The summed E-state index contributed by atoms with van der Waals surface area (Å²) in [5.74, 6) is -0.0256. The summed E-state index contributed by atoms with van der Waals surface area (Å²) in [5.41, 5.74) is 9.65. The number of Topliss-reactive ketones (excluding diaryl/α,β-unsaturated/α-hetero) is 1. The normalized spacial score (nSPS) is 12.2. The standard InChI is InChI=1S/C16H17NO/c1-11-8-9-12(2)14(10-11)16(18)15(17)13-6-4-3-5-7-13/h3-10,15H,17H2,1-2H3. The van der Waals surface area contributed by atoms with Gasteiger partial charge in [-0.3, -0.25) is 4.79 Å². The highest BCUT2D eigenvalue weighted by molar-refractivity contribution is 6.01. The molecule has 0 radical (unpaired) electrons. The summed E-state index contributed by atoms with van der Waals surface area (Å²) < 4.78 is 0. The number of nitrogens with two attached hydrogens (primary N) is 1. The molecule has 0 aromatic heterocycles. The van der Waals surface area contributed by atoms with E-state index in [1.54, 1.807) is 0 Å². The van der Waals surface area contributed by atoms with Gasteiger partial charge in [-0.1, -0.05) is 48.0 Å². The highest BCUT2D eigenvalue weighted by Crippen LogP contribution is 2.19. The summed E-state index contributed by atoms with van der Waals surface area (Å²) in [6, 6.07) is 14.7. The van der Waals surface area contributed by atoms with Crippen molar-refractivity contribution in [2.45, 2.75) is 19.9 Å². The Morgan fingerprint density at radius 1 is 1.06 bits per heavy atom. The molecule has 0 aliphatic heterocycles. The van der Waals surface area contributed by atoms with Crippen molar-refractivity contribution >= 4 is 5.78 Å². The molecule has 2 nitrogen and oxygen atoms in total. The van der Waals surface area contributed by atoms with Crippen LogP contribution in [0.2, 0.25) is 0 Å². The van der Waals surface area contributed by atoms with E-state index in [1.807, 2.05) is 62.4 Å². The molecule has 0 fully saturated rings. The van der Waals surface area contributed by atoms with Crippen LogP contribution in [-0.2, 0) is 0 Å². The van der Waals surface area contributed by atoms with Gasteiger partial charge < -0.3 is 5.73 Å². The van der Waals surface area contributed by atoms with Gasteiger partial charge in [0.05, 0.1) is 6.04 Å². The average Bonchev–Trinajstić information content (AvgIpc) is 2.41. The van der Waals surface area contributed by atoms with Gasteiger partial charge in [-0.15, -0.1) is 0 Å². The molecule has 2 heteroatoms. The van der Waals surface area contributed by atoms with Gasteiger partial charge in [-0.25, -0.2) is 0 Å². The van der Waals surface area contributed by atoms with Crippen LogP contribution in [0.5, 0.6) is 0 Å². The van der Waals surface area contributed by atoms with Crippen LogP contribution in [0.1, 0.15) is 33.1 Å². The van der Waals surface area contributed by atoms with Crippen molar-refractivity contribution in [3.8, 4) is 0 Å². The molecule has 0 heterocycles. The molecule has 18 heavy (non-hydrogen) atoms. The quantitative estimate of drug-likeness (QED) is 0.836. The first-order valence-corrected chi connectivity index (χ1v) is 6.01. The van der Waals surface area contributed by atoms with Crippen molar-refractivity contribution in [1.82, 2.24) is 0 Å². The van der Waals surface area contributed by atoms with Crippen molar-refractivity contribution in [3.63, 3.8) is 0 Å².